The molecule has 0 bridgehead atoms. The molecule has 1 fully saturated rings. The van der Waals surface area contributed by atoms with E-state index in [1.54, 1.807) is 36.4 Å². The van der Waals surface area contributed by atoms with Gasteiger partial charge in [-0.2, -0.15) is 9.57 Å². The molecule has 1 aliphatic heterocycles. The zero-order valence-electron chi connectivity index (χ0n) is 17.5. The molecule has 0 saturated carbocycles. The summed E-state index contributed by atoms with van der Waals surface area (Å²) in [6.45, 7) is 0.413. The van der Waals surface area contributed by atoms with E-state index in [9.17, 15) is 13.2 Å². The number of methoxy groups -OCH3 is 2. The van der Waals surface area contributed by atoms with Crippen LogP contribution in [0.1, 0.15) is 18.4 Å². The summed E-state index contributed by atoms with van der Waals surface area (Å²) in [7, 11) is -0.994. The van der Waals surface area contributed by atoms with Gasteiger partial charge in [0, 0.05) is 24.8 Å². The lowest BCUT2D eigenvalue weighted by Gasteiger charge is -2.31. The average molecular weight is 444 g/mol. The molecule has 1 amide bonds. The number of nitrogens with zero attached hydrogens (tertiary/aromatic N) is 2. The van der Waals surface area contributed by atoms with Crippen LogP contribution in [0.2, 0.25) is 0 Å². The second kappa shape index (κ2) is 9.81. The van der Waals surface area contributed by atoms with Gasteiger partial charge in [-0.1, -0.05) is 12.1 Å². The summed E-state index contributed by atoms with van der Waals surface area (Å²) in [6.07, 6.45) is 1.47. The second-order valence-electron chi connectivity index (χ2n) is 7.24. The first-order valence-corrected chi connectivity index (χ1v) is 11.3. The summed E-state index contributed by atoms with van der Waals surface area (Å²) < 4.78 is 38.3. The zero-order chi connectivity index (χ0) is 22.4. The number of nitrogens with one attached hydrogen (secondary N) is 1. The summed E-state index contributed by atoms with van der Waals surface area (Å²) in [5.74, 6) is -0.0696. The first kappa shape index (κ1) is 22.6. The Labute approximate surface area is 182 Å². The Morgan fingerprint density at radius 1 is 1.19 bits per heavy atom. The van der Waals surface area contributed by atoms with Crippen LogP contribution in [-0.2, 0) is 21.2 Å². The molecule has 0 unspecified atom stereocenters. The van der Waals surface area contributed by atoms with Crippen LogP contribution in [-0.4, -0.2) is 45.9 Å². The van der Waals surface area contributed by atoms with Gasteiger partial charge in [-0.05, 0) is 42.7 Å². The Morgan fingerprint density at radius 3 is 2.58 bits per heavy atom. The number of hydrogen-bond acceptors (Lipinski definition) is 6. The number of rotatable bonds is 7. The molecule has 3 rings (SSSR count). The summed E-state index contributed by atoms with van der Waals surface area (Å²) in [4.78, 5) is 12.8. The van der Waals surface area contributed by atoms with Gasteiger partial charge >= 0.3 is 0 Å². The van der Waals surface area contributed by atoms with Crippen LogP contribution in [0.4, 0.5) is 5.69 Å². The van der Waals surface area contributed by atoms with E-state index in [1.807, 2.05) is 0 Å². The fourth-order valence-electron chi connectivity index (χ4n) is 3.54. The van der Waals surface area contributed by atoms with E-state index in [1.165, 1.54) is 24.6 Å². The highest BCUT2D eigenvalue weighted by Gasteiger charge is 2.35. The van der Waals surface area contributed by atoms with Crippen LogP contribution in [0.25, 0.3) is 0 Å². The van der Waals surface area contributed by atoms with Gasteiger partial charge in [0.1, 0.15) is 16.4 Å². The molecule has 9 heteroatoms. The third kappa shape index (κ3) is 5.16. The van der Waals surface area contributed by atoms with Crippen molar-refractivity contribution in [1.29, 1.82) is 5.26 Å². The van der Waals surface area contributed by atoms with Crippen LogP contribution in [0.3, 0.4) is 0 Å². The van der Waals surface area contributed by atoms with Crippen molar-refractivity contribution in [2.24, 2.45) is 5.92 Å². The van der Waals surface area contributed by atoms with E-state index in [2.05, 4.69) is 11.4 Å². The van der Waals surface area contributed by atoms with Gasteiger partial charge in [0.25, 0.3) is 0 Å². The molecular formula is C22H25N3O5S. The van der Waals surface area contributed by atoms with Crippen LogP contribution < -0.4 is 14.8 Å². The Morgan fingerprint density at radius 2 is 1.94 bits per heavy atom. The molecule has 1 aliphatic rings. The maximum atomic E-state index is 13.3. The summed E-state index contributed by atoms with van der Waals surface area (Å²) in [5, 5.41) is 11.6. The number of ether oxygens (including phenoxy) is 2. The molecule has 1 atom stereocenters. The molecule has 164 valence electrons. The molecule has 0 radical (unpaired) electrons. The van der Waals surface area contributed by atoms with Crippen LogP contribution in [0.15, 0.2) is 47.4 Å². The normalized spacial score (nSPS) is 16.9. The largest absolute Gasteiger partial charge is 0.497 e. The molecule has 1 N–H and O–H groups in total. The maximum Gasteiger partial charge on any atom is 0.246 e. The van der Waals surface area contributed by atoms with E-state index in [4.69, 9.17) is 14.7 Å². The summed E-state index contributed by atoms with van der Waals surface area (Å²) in [6, 6.07) is 13.7. The number of anilines is 1. The van der Waals surface area contributed by atoms with Gasteiger partial charge in [-0.15, -0.1) is 0 Å². The quantitative estimate of drug-likeness (QED) is 0.705. The molecule has 8 nitrogen and oxygen atoms in total. The monoisotopic (exact) mass is 443 g/mol. The highest BCUT2D eigenvalue weighted by Crippen LogP contribution is 2.32. The zero-order valence-corrected chi connectivity index (χ0v) is 18.3. The molecule has 0 aromatic heterocycles. The van der Waals surface area contributed by atoms with Gasteiger partial charge in [-0.25, -0.2) is 8.42 Å². The number of piperidine rings is 1. The van der Waals surface area contributed by atoms with Gasteiger partial charge in [-0.3, -0.25) is 4.79 Å². The Hall–Kier alpha value is -3.09. The number of nitriles is 1. The first-order valence-electron chi connectivity index (χ1n) is 9.88. The standard InChI is InChI=1S/C22H25N3O5S/c1-29-19-9-10-20(30-2)21(14-19)31(27,28)25-13-3-4-17(15-25)22(26)24-18-7-5-16(6-8-18)11-12-23/h5-10,14,17H,3-4,11,13,15H2,1-2H3,(H,24,26)/t17-/m1/s1. The van der Waals surface area contributed by atoms with Gasteiger partial charge < -0.3 is 14.8 Å². The fourth-order valence-corrected chi connectivity index (χ4v) is 5.24. The molecule has 0 aliphatic carbocycles. The predicted molar refractivity (Wildman–Crippen MR) is 115 cm³/mol. The fraction of sp³-hybridized carbons (Fsp3) is 0.364. The number of carbonyl (C=O) groups excluding carboxylic acids is 1. The van der Waals surface area contributed by atoms with E-state index < -0.39 is 15.9 Å². The maximum absolute atomic E-state index is 13.3. The minimum absolute atomic E-state index is 0.0171. The summed E-state index contributed by atoms with van der Waals surface area (Å²) >= 11 is 0. The number of benzene rings is 2. The van der Waals surface area contributed by atoms with Crippen molar-refractivity contribution in [2.45, 2.75) is 24.2 Å². The predicted octanol–water partition coefficient (Wildman–Crippen LogP) is 2.81. The number of sulfonamides is 1. The highest BCUT2D eigenvalue weighted by molar-refractivity contribution is 7.89. The van der Waals surface area contributed by atoms with E-state index in [0.717, 1.165) is 5.56 Å². The Balaban J connectivity index is 1.75. The minimum Gasteiger partial charge on any atom is -0.497 e. The molecule has 1 saturated heterocycles. The highest BCUT2D eigenvalue weighted by atomic mass is 32.2. The van der Waals surface area contributed by atoms with Crippen molar-refractivity contribution in [2.75, 3.05) is 32.6 Å². The lowest BCUT2D eigenvalue weighted by molar-refractivity contribution is -0.120. The van der Waals surface area contributed by atoms with Crippen LogP contribution in [0, 0.1) is 17.2 Å². The van der Waals surface area contributed by atoms with E-state index in [0.29, 0.717) is 37.2 Å². The van der Waals surface area contributed by atoms with Crippen molar-refractivity contribution in [3.8, 4) is 17.6 Å². The summed E-state index contributed by atoms with van der Waals surface area (Å²) in [5.41, 5.74) is 1.48. The van der Waals surface area contributed by atoms with Crippen molar-refractivity contribution in [1.82, 2.24) is 4.31 Å². The smallest absolute Gasteiger partial charge is 0.246 e. The van der Waals surface area contributed by atoms with Crippen LogP contribution in [0.5, 0.6) is 11.5 Å². The van der Waals surface area contributed by atoms with Gasteiger partial charge in [0.2, 0.25) is 15.9 Å². The molecular weight excluding hydrogens is 418 g/mol. The number of carbonyl (C=O) groups is 1. The van der Waals surface area contributed by atoms with E-state index in [-0.39, 0.29) is 23.1 Å². The molecule has 2 aromatic carbocycles. The lowest BCUT2D eigenvalue weighted by atomic mass is 9.98. The topological polar surface area (TPSA) is 109 Å². The first-order chi connectivity index (χ1) is 14.9. The van der Waals surface area contributed by atoms with E-state index >= 15 is 0 Å². The van der Waals surface area contributed by atoms with Gasteiger partial charge in [0.05, 0.1) is 32.6 Å². The second-order valence-corrected chi connectivity index (χ2v) is 9.15. The Kier molecular flexibility index (Phi) is 7.15. The third-order valence-corrected chi connectivity index (χ3v) is 7.13. The minimum atomic E-state index is -3.87. The van der Waals surface area contributed by atoms with Gasteiger partial charge in [0.15, 0.2) is 0 Å². The molecule has 2 aromatic rings. The average Bonchev–Trinajstić information content (AvgIpc) is 2.80. The van der Waals surface area contributed by atoms with Crippen molar-refractivity contribution >= 4 is 21.6 Å². The third-order valence-electron chi connectivity index (χ3n) is 5.25. The van der Waals surface area contributed by atoms with Crippen molar-refractivity contribution in [3.63, 3.8) is 0 Å². The Bertz CT molecular complexity index is 1080. The van der Waals surface area contributed by atoms with Crippen molar-refractivity contribution in [3.05, 3.63) is 48.0 Å². The number of amides is 1. The molecule has 0 spiro atoms. The lowest BCUT2D eigenvalue weighted by Crippen LogP contribution is -2.43. The molecule has 1 heterocycles. The van der Waals surface area contributed by atoms with Crippen molar-refractivity contribution < 1.29 is 22.7 Å². The molecule has 31 heavy (non-hydrogen) atoms. The SMILES string of the molecule is COc1ccc(OC)c(S(=O)(=O)N2CCC[C@@H](C(=O)Nc3ccc(CC#N)cc3)C2)c1. The van der Waals surface area contributed by atoms with Crippen LogP contribution >= 0.6 is 0 Å². The number of hydrogen-bond donors (Lipinski definition) is 1.